The highest BCUT2D eigenvalue weighted by atomic mass is 16.5. The standard InChI is InChI=1S/C13H14O4/c14-13(15)6-3-10-1-4-11(5-2-10)17-12-7-8-16-9-12/h1-6,12H,7-9H2,(H,14,15)/b6-3+/t12-/m1/s1. The lowest BCUT2D eigenvalue weighted by Gasteiger charge is -2.11. The predicted molar refractivity (Wildman–Crippen MR) is 63.0 cm³/mol. The van der Waals surface area contributed by atoms with E-state index in [0.717, 1.165) is 30.4 Å². The summed E-state index contributed by atoms with van der Waals surface area (Å²) in [5, 5.41) is 8.49. The molecule has 1 aliphatic rings. The van der Waals surface area contributed by atoms with E-state index in [1.54, 1.807) is 6.08 Å². The smallest absolute Gasteiger partial charge is 0.328 e. The molecule has 0 spiro atoms. The minimum absolute atomic E-state index is 0.135. The molecule has 0 amide bonds. The van der Waals surface area contributed by atoms with Gasteiger partial charge in [0.15, 0.2) is 0 Å². The van der Waals surface area contributed by atoms with Gasteiger partial charge in [0.25, 0.3) is 0 Å². The molecule has 0 saturated carbocycles. The van der Waals surface area contributed by atoms with Crippen LogP contribution in [0.5, 0.6) is 5.75 Å². The molecule has 1 heterocycles. The Hall–Kier alpha value is -1.81. The average Bonchev–Trinajstić information content (AvgIpc) is 2.81. The number of hydrogen-bond acceptors (Lipinski definition) is 3. The third-order valence-electron chi connectivity index (χ3n) is 2.49. The number of ether oxygens (including phenoxy) is 2. The highest BCUT2D eigenvalue weighted by molar-refractivity contribution is 5.85. The van der Waals surface area contributed by atoms with Crippen LogP contribution in [-0.2, 0) is 9.53 Å². The van der Waals surface area contributed by atoms with Crippen molar-refractivity contribution in [2.24, 2.45) is 0 Å². The summed E-state index contributed by atoms with van der Waals surface area (Å²) in [7, 11) is 0. The van der Waals surface area contributed by atoms with Gasteiger partial charge >= 0.3 is 5.97 Å². The Labute approximate surface area is 99.5 Å². The van der Waals surface area contributed by atoms with Crippen molar-refractivity contribution in [3.8, 4) is 5.75 Å². The van der Waals surface area contributed by atoms with Gasteiger partial charge in [-0.1, -0.05) is 12.1 Å². The van der Waals surface area contributed by atoms with Crippen LogP contribution >= 0.6 is 0 Å². The first-order chi connectivity index (χ1) is 8.24. The summed E-state index contributed by atoms with van der Waals surface area (Å²) in [4.78, 5) is 10.3. The van der Waals surface area contributed by atoms with E-state index < -0.39 is 5.97 Å². The minimum atomic E-state index is -0.951. The van der Waals surface area contributed by atoms with Crippen LogP contribution in [0.3, 0.4) is 0 Å². The van der Waals surface area contributed by atoms with E-state index in [4.69, 9.17) is 14.6 Å². The minimum Gasteiger partial charge on any atom is -0.488 e. The largest absolute Gasteiger partial charge is 0.488 e. The van der Waals surface area contributed by atoms with Crippen LogP contribution in [0.4, 0.5) is 0 Å². The molecule has 17 heavy (non-hydrogen) atoms. The van der Waals surface area contributed by atoms with Crippen LogP contribution < -0.4 is 4.74 Å². The molecule has 1 saturated heterocycles. The van der Waals surface area contributed by atoms with Gasteiger partial charge in [0, 0.05) is 12.5 Å². The van der Waals surface area contributed by atoms with Gasteiger partial charge in [0.1, 0.15) is 11.9 Å². The lowest BCUT2D eigenvalue weighted by Crippen LogP contribution is -2.15. The molecule has 1 atom stereocenters. The molecule has 4 nitrogen and oxygen atoms in total. The van der Waals surface area contributed by atoms with Crippen LogP contribution in [-0.4, -0.2) is 30.4 Å². The normalized spacial score (nSPS) is 19.6. The summed E-state index contributed by atoms with van der Waals surface area (Å²) in [6, 6.07) is 7.31. The average molecular weight is 234 g/mol. The summed E-state index contributed by atoms with van der Waals surface area (Å²) in [5.74, 6) is -0.165. The van der Waals surface area contributed by atoms with E-state index >= 15 is 0 Å². The molecular weight excluding hydrogens is 220 g/mol. The molecule has 1 aromatic carbocycles. The third kappa shape index (κ3) is 3.60. The van der Waals surface area contributed by atoms with E-state index in [9.17, 15) is 4.79 Å². The second kappa shape index (κ2) is 5.50. The maximum atomic E-state index is 10.3. The lowest BCUT2D eigenvalue weighted by molar-refractivity contribution is -0.131. The SMILES string of the molecule is O=C(O)/C=C/c1ccc(O[C@@H]2CCOC2)cc1. The number of carboxylic acids is 1. The van der Waals surface area contributed by atoms with Crippen LogP contribution in [0, 0.1) is 0 Å². The predicted octanol–water partition coefficient (Wildman–Crippen LogP) is 1.95. The molecule has 90 valence electrons. The van der Waals surface area contributed by atoms with Crippen LogP contribution in [0.25, 0.3) is 6.08 Å². The molecule has 0 aliphatic carbocycles. The Bertz CT molecular complexity index is 402. The van der Waals surface area contributed by atoms with Crippen molar-refractivity contribution in [1.82, 2.24) is 0 Å². The Kier molecular flexibility index (Phi) is 3.77. The second-order valence-electron chi connectivity index (χ2n) is 3.84. The third-order valence-corrected chi connectivity index (χ3v) is 2.49. The fraction of sp³-hybridized carbons (Fsp3) is 0.308. The van der Waals surface area contributed by atoms with Crippen molar-refractivity contribution in [2.75, 3.05) is 13.2 Å². The summed E-state index contributed by atoms with van der Waals surface area (Å²) in [5.41, 5.74) is 0.836. The molecular formula is C13H14O4. The van der Waals surface area contributed by atoms with Gasteiger partial charge < -0.3 is 14.6 Å². The molecule has 0 unspecified atom stereocenters. The van der Waals surface area contributed by atoms with Gasteiger partial charge in [-0.05, 0) is 23.8 Å². The molecule has 2 rings (SSSR count). The number of carboxylic acid groups (broad SMARTS) is 1. The monoisotopic (exact) mass is 234 g/mol. The first-order valence-electron chi connectivity index (χ1n) is 5.49. The van der Waals surface area contributed by atoms with Crippen molar-refractivity contribution in [1.29, 1.82) is 0 Å². The van der Waals surface area contributed by atoms with Crippen molar-refractivity contribution in [3.05, 3.63) is 35.9 Å². The van der Waals surface area contributed by atoms with Crippen LogP contribution in [0.2, 0.25) is 0 Å². The Balaban J connectivity index is 1.95. The summed E-state index contributed by atoms with van der Waals surface area (Å²) in [6.45, 7) is 1.39. The van der Waals surface area contributed by atoms with E-state index in [1.807, 2.05) is 24.3 Å². The molecule has 1 fully saturated rings. The second-order valence-corrected chi connectivity index (χ2v) is 3.84. The topological polar surface area (TPSA) is 55.8 Å². The fourth-order valence-corrected chi connectivity index (χ4v) is 1.62. The molecule has 1 N–H and O–H groups in total. The van der Waals surface area contributed by atoms with Crippen LogP contribution in [0.1, 0.15) is 12.0 Å². The molecule has 0 bridgehead atoms. The zero-order valence-electron chi connectivity index (χ0n) is 9.33. The fourth-order valence-electron chi connectivity index (χ4n) is 1.62. The molecule has 4 heteroatoms. The molecule has 0 aromatic heterocycles. The van der Waals surface area contributed by atoms with Gasteiger partial charge in [0.2, 0.25) is 0 Å². The summed E-state index contributed by atoms with van der Waals surface area (Å²) < 4.78 is 10.9. The van der Waals surface area contributed by atoms with E-state index in [-0.39, 0.29) is 6.10 Å². The van der Waals surface area contributed by atoms with Crippen molar-refractivity contribution >= 4 is 12.0 Å². The first kappa shape index (κ1) is 11.7. The quantitative estimate of drug-likeness (QED) is 0.809. The Morgan fingerprint density at radius 2 is 2.18 bits per heavy atom. The zero-order chi connectivity index (χ0) is 12.1. The van der Waals surface area contributed by atoms with Gasteiger partial charge in [-0.2, -0.15) is 0 Å². The lowest BCUT2D eigenvalue weighted by atomic mass is 10.2. The number of rotatable bonds is 4. The van der Waals surface area contributed by atoms with Crippen molar-refractivity contribution in [3.63, 3.8) is 0 Å². The van der Waals surface area contributed by atoms with Gasteiger partial charge in [0.05, 0.1) is 13.2 Å². The van der Waals surface area contributed by atoms with E-state index in [2.05, 4.69) is 0 Å². The molecule has 1 aliphatic heterocycles. The number of aliphatic carboxylic acids is 1. The number of carbonyl (C=O) groups is 1. The summed E-state index contributed by atoms with van der Waals surface area (Å²) >= 11 is 0. The highest BCUT2D eigenvalue weighted by Crippen LogP contribution is 2.18. The van der Waals surface area contributed by atoms with Crippen molar-refractivity contribution < 1.29 is 19.4 Å². The highest BCUT2D eigenvalue weighted by Gasteiger charge is 2.16. The Morgan fingerprint density at radius 3 is 2.76 bits per heavy atom. The maximum absolute atomic E-state index is 10.3. The van der Waals surface area contributed by atoms with Crippen LogP contribution in [0.15, 0.2) is 30.3 Å². The first-order valence-corrected chi connectivity index (χ1v) is 5.49. The van der Waals surface area contributed by atoms with Gasteiger partial charge in [-0.3, -0.25) is 0 Å². The Morgan fingerprint density at radius 1 is 1.41 bits per heavy atom. The van der Waals surface area contributed by atoms with E-state index in [1.165, 1.54) is 0 Å². The molecule has 1 aromatic rings. The van der Waals surface area contributed by atoms with Gasteiger partial charge in [-0.15, -0.1) is 0 Å². The van der Waals surface area contributed by atoms with Crippen molar-refractivity contribution in [2.45, 2.75) is 12.5 Å². The number of benzene rings is 1. The maximum Gasteiger partial charge on any atom is 0.328 e. The van der Waals surface area contributed by atoms with Gasteiger partial charge in [-0.25, -0.2) is 4.79 Å². The molecule has 0 radical (unpaired) electrons. The zero-order valence-corrected chi connectivity index (χ0v) is 9.33. The summed E-state index contributed by atoms with van der Waals surface area (Å²) in [6.07, 6.45) is 3.71. The number of hydrogen-bond donors (Lipinski definition) is 1. The van der Waals surface area contributed by atoms with E-state index in [0.29, 0.717) is 6.61 Å².